The summed E-state index contributed by atoms with van der Waals surface area (Å²) >= 11 is 0. The van der Waals surface area contributed by atoms with Crippen molar-refractivity contribution in [2.75, 3.05) is 25.6 Å². The Morgan fingerprint density at radius 3 is 2.33 bits per heavy atom. The molecule has 49 heavy (non-hydrogen) atoms. The Kier molecular flexibility index (Phi) is 11.9. The lowest BCUT2D eigenvalue weighted by Crippen LogP contribution is -2.39. The maximum Gasteiger partial charge on any atom is 0.357 e. The van der Waals surface area contributed by atoms with E-state index < -0.39 is 35.9 Å². The number of aromatic nitrogens is 1. The van der Waals surface area contributed by atoms with Crippen molar-refractivity contribution in [2.45, 2.75) is 45.8 Å². The van der Waals surface area contributed by atoms with E-state index in [0.717, 1.165) is 12.8 Å². The lowest BCUT2D eigenvalue weighted by atomic mass is 9.94. The Balaban J connectivity index is 1.73. The number of pyridine rings is 1. The van der Waals surface area contributed by atoms with Crippen molar-refractivity contribution in [3.8, 4) is 16.9 Å². The fraction of sp³-hybridized carbons (Fsp3) is 0.333. The standard InChI is InChI=1S/C36H42N6O7/c1-6-22-15-27(33(43)41-24-11-9-23(10-12-24)32(38)39)26(16-29(22)47-5)25-13-14-28(34(44)40-17-21-7-8-21)42-31(25)36(46)48-18-20(4)49-35(45)30(37)19(2)3/h6,9-16,19-21,30H,1,7-8,17-18,37H2,2-5H3,(H3,38,39)(H,40,44)(H,41,43)/t20?,30-/m0/s1. The number of rotatable bonds is 15. The summed E-state index contributed by atoms with van der Waals surface area (Å²) in [5.41, 5.74) is 13.2. The molecule has 1 aromatic heterocycles. The minimum absolute atomic E-state index is 0.0232. The summed E-state index contributed by atoms with van der Waals surface area (Å²) in [5, 5.41) is 13.3. The second kappa shape index (κ2) is 16.0. The Hall–Kier alpha value is -5.56. The molecule has 1 aliphatic rings. The van der Waals surface area contributed by atoms with Crippen LogP contribution in [0.25, 0.3) is 17.2 Å². The second-order valence-electron chi connectivity index (χ2n) is 12.2. The van der Waals surface area contributed by atoms with Crippen LogP contribution in [0.1, 0.15) is 76.1 Å². The van der Waals surface area contributed by atoms with E-state index in [1.165, 1.54) is 25.3 Å². The molecular formula is C36H42N6O7. The van der Waals surface area contributed by atoms with Crippen LogP contribution < -0.4 is 26.8 Å². The topological polar surface area (TPSA) is 209 Å². The normalized spacial score (nSPS) is 13.5. The molecule has 4 rings (SSSR count). The number of esters is 2. The highest BCUT2D eigenvalue weighted by Gasteiger charge is 2.27. The number of anilines is 1. The smallest absolute Gasteiger partial charge is 0.357 e. The first-order valence-corrected chi connectivity index (χ1v) is 15.9. The van der Waals surface area contributed by atoms with Crippen molar-refractivity contribution in [3.63, 3.8) is 0 Å². The molecule has 13 nitrogen and oxygen atoms in total. The first-order chi connectivity index (χ1) is 23.3. The van der Waals surface area contributed by atoms with Crippen molar-refractivity contribution < 1.29 is 33.4 Å². The molecule has 3 aromatic rings. The number of amides is 2. The summed E-state index contributed by atoms with van der Waals surface area (Å²) in [5.74, 6) is -2.05. The van der Waals surface area contributed by atoms with Gasteiger partial charge in [0.15, 0.2) is 5.69 Å². The quantitative estimate of drug-likeness (QED) is 0.0886. The number of benzene rings is 2. The largest absolute Gasteiger partial charge is 0.496 e. The van der Waals surface area contributed by atoms with Crippen molar-refractivity contribution >= 4 is 41.4 Å². The summed E-state index contributed by atoms with van der Waals surface area (Å²) in [4.78, 5) is 57.3. The molecule has 2 amide bonds. The first-order valence-electron chi connectivity index (χ1n) is 15.9. The van der Waals surface area contributed by atoms with Gasteiger partial charge >= 0.3 is 11.9 Å². The van der Waals surface area contributed by atoms with Crippen LogP contribution in [-0.2, 0) is 14.3 Å². The number of nitrogens with one attached hydrogen (secondary N) is 3. The summed E-state index contributed by atoms with van der Waals surface area (Å²) < 4.78 is 16.5. The number of carbonyl (C=O) groups excluding carboxylic acids is 4. The minimum atomic E-state index is -0.916. The fourth-order valence-corrected chi connectivity index (χ4v) is 4.73. The van der Waals surface area contributed by atoms with Crippen LogP contribution in [0.2, 0.25) is 0 Å². The molecular weight excluding hydrogens is 628 g/mol. The van der Waals surface area contributed by atoms with E-state index in [0.29, 0.717) is 35.0 Å². The molecule has 0 saturated heterocycles. The van der Waals surface area contributed by atoms with E-state index in [1.54, 1.807) is 57.2 Å². The van der Waals surface area contributed by atoms with Crippen LogP contribution in [0.5, 0.6) is 5.75 Å². The van der Waals surface area contributed by atoms with E-state index in [9.17, 15) is 19.2 Å². The van der Waals surface area contributed by atoms with Gasteiger partial charge in [-0.1, -0.05) is 26.5 Å². The van der Waals surface area contributed by atoms with Crippen LogP contribution in [0.3, 0.4) is 0 Å². The molecule has 258 valence electrons. The van der Waals surface area contributed by atoms with Gasteiger partial charge in [0, 0.05) is 40.0 Å². The zero-order chi connectivity index (χ0) is 35.8. The molecule has 0 radical (unpaired) electrons. The van der Waals surface area contributed by atoms with Gasteiger partial charge in [0.25, 0.3) is 11.8 Å². The molecule has 1 heterocycles. The number of nitrogens with zero attached hydrogens (tertiary/aromatic N) is 1. The second-order valence-corrected chi connectivity index (χ2v) is 12.2. The lowest BCUT2D eigenvalue weighted by molar-refractivity contribution is -0.152. The maximum atomic E-state index is 13.8. The fourth-order valence-electron chi connectivity index (χ4n) is 4.73. The van der Waals surface area contributed by atoms with E-state index in [-0.39, 0.29) is 46.4 Å². The summed E-state index contributed by atoms with van der Waals surface area (Å²) in [7, 11) is 1.46. The zero-order valence-electron chi connectivity index (χ0n) is 28.0. The molecule has 1 saturated carbocycles. The first kappa shape index (κ1) is 36.3. The van der Waals surface area contributed by atoms with Gasteiger partial charge < -0.3 is 36.3 Å². The summed E-state index contributed by atoms with van der Waals surface area (Å²) in [6.45, 7) is 9.12. The third kappa shape index (κ3) is 9.29. The van der Waals surface area contributed by atoms with E-state index >= 15 is 0 Å². The molecule has 13 heteroatoms. The van der Waals surface area contributed by atoms with Crippen LogP contribution in [-0.4, -0.2) is 67.0 Å². The van der Waals surface area contributed by atoms with Crippen LogP contribution in [0, 0.1) is 17.2 Å². The molecule has 0 bridgehead atoms. The molecule has 1 aliphatic carbocycles. The van der Waals surface area contributed by atoms with Gasteiger partial charge in [-0.25, -0.2) is 9.78 Å². The average Bonchev–Trinajstić information content (AvgIpc) is 3.93. The monoisotopic (exact) mass is 670 g/mol. The van der Waals surface area contributed by atoms with Gasteiger partial charge in [-0.05, 0) is 80.1 Å². The van der Waals surface area contributed by atoms with Crippen molar-refractivity contribution in [1.82, 2.24) is 10.3 Å². The summed E-state index contributed by atoms with van der Waals surface area (Å²) in [6, 6.07) is 11.7. The van der Waals surface area contributed by atoms with Crippen LogP contribution in [0.4, 0.5) is 5.69 Å². The van der Waals surface area contributed by atoms with E-state index in [1.807, 2.05) is 0 Å². The van der Waals surface area contributed by atoms with Gasteiger partial charge in [-0.3, -0.25) is 19.8 Å². The molecule has 0 aliphatic heterocycles. The van der Waals surface area contributed by atoms with Crippen LogP contribution in [0.15, 0.2) is 55.1 Å². The Morgan fingerprint density at radius 1 is 1.04 bits per heavy atom. The SMILES string of the molecule is C=Cc1cc(C(=O)Nc2ccc(C(=N)N)cc2)c(-c2ccc(C(=O)NCC3CC3)nc2C(=O)OCC(C)OC(=O)[C@@H](N)C(C)C)cc1OC. The van der Waals surface area contributed by atoms with Crippen molar-refractivity contribution in [2.24, 2.45) is 23.3 Å². The van der Waals surface area contributed by atoms with E-state index in [4.69, 9.17) is 31.1 Å². The summed E-state index contributed by atoms with van der Waals surface area (Å²) in [6.07, 6.45) is 2.75. The van der Waals surface area contributed by atoms with E-state index in [2.05, 4.69) is 22.2 Å². The number of amidine groups is 1. The molecule has 7 N–H and O–H groups in total. The van der Waals surface area contributed by atoms with Gasteiger partial charge in [-0.2, -0.15) is 0 Å². The Labute approximate surface area is 284 Å². The number of nitrogen functional groups attached to an aromatic ring is 1. The Bertz CT molecular complexity index is 1750. The molecule has 2 aromatic carbocycles. The average molecular weight is 671 g/mol. The maximum absolute atomic E-state index is 13.8. The van der Waals surface area contributed by atoms with Gasteiger partial charge in [0.05, 0.1) is 7.11 Å². The Morgan fingerprint density at radius 2 is 1.73 bits per heavy atom. The van der Waals surface area contributed by atoms with Crippen molar-refractivity contribution in [1.29, 1.82) is 5.41 Å². The predicted molar refractivity (Wildman–Crippen MR) is 185 cm³/mol. The van der Waals surface area contributed by atoms with Gasteiger partial charge in [0.2, 0.25) is 0 Å². The highest BCUT2D eigenvalue weighted by molar-refractivity contribution is 6.11. The third-order valence-corrected chi connectivity index (χ3v) is 7.90. The molecule has 1 fully saturated rings. The van der Waals surface area contributed by atoms with Gasteiger partial charge in [0.1, 0.15) is 36.0 Å². The number of hydrogen-bond donors (Lipinski definition) is 5. The molecule has 2 atom stereocenters. The lowest BCUT2D eigenvalue weighted by Gasteiger charge is -2.19. The molecule has 0 spiro atoms. The highest BCUT2D eigenvalue weighted by atomic mass is 16.6. The number of nitrogens with two attached hydrogens (primary N) is 2. The minimum Gasteiger partial charge on any atom is -0.496 e. The molecule has 1 unspecified atom stereocenters. The van der Waals surface area contributed by atoms with Crippen molar-refractivity contribution in [3.05, 3.63) is 83.2 Å². The highest BCUT2D eigenvalue weighted by Crippen LogP contribution is 2.35. The van der Waals surface area contributed by atoms with Gasteiger partial charge in [-0.15, -0.1) is 0 Å². The van der Waals surface area contributed by atoms with Crippen LogP contribution >= 0.6 is 0 Å². The number of hydrogen-bond acceptors (Lipinski definition) is 10. The third-order valence-electron chi connectivity index (χ3n) is 7.90. The number of methoxy groups -OCH3 is 1. The zero-order valence-corrected chi connectivity index (χ0v) is 28.0. The number of carbonyl (C=O) groups is 4. The predicted octanol–water partition coefficient (Wildman–Crippen LogP) is 4.15. The number of ether oxygens (including phenoxy) is 3.